The summed E-state index contributed by atoms with van der Waals surface area (Å²) in [5, 5.41) is 6.86. The Morgan fingerprint density at radius 3 is 2.71 bits per heavy atom. The summed E-state index contributed by atoms with van der Waals surface area (Å²) in [4.78, 5) is 21.3. The van der Waals surface area contributed by atoms with Gasteiger partial charge in [0.15, 0.2) is 0 Å². The molecular formula is C16H17N5O2S. The minimum Gasteiger partial charge on any atom is -0.348 e. The molecule has 0 fully saturated rings. The van der Waals surface area contributed by atoms with Gasteiger partial charge in [0, 0.05) is 28.6 Å². The van der Waals surface area contributed by atoms with E-state index in [0.29, 0.717) is 11.5 Å². The Labute approximate surface area is 141 Å². The van der Waals surface area contributed by atoms with Crippen LogP contribution in [0.1, 0.15) is 22.0 Å². The number of nitrogens with zero attached hydrogens (tertiary/aromatic N) is 4. The van der Waals surface area contributed by atoms with E-state index in [1.54, 1.807) is 12.1 Å². The lowest BCUT2D eigenvalue weighted by molar-refractivity contribution is 0.0946. The smallest absolute Gasteiger partial charge is 0.291 e. The molecule has 3 aromatic rings. The largest absolute Gasteiger partial charge is 0.348 e. The summed E-state index contributed by atoms with van der Waals surface area (Å²) in [5.41, 5.74) is 1.67. The van der Waals surface area contributed by atoms with Crippen molar-refractivity contribution in [1.82, 2.24) is 24.9 Å². The first-order valence-corrected chi connectivity index (χ1v) is 8.79. The molecule has 8 heteroatoms. The van der Waals surface area contributed by atoms with Crippen LogP contribution in [0.15, 0.2) is 41.3 Å². The van der Waals surface area contributed by atoms with Crippen LogP contribution in [0.3, 0.4) is 0 Å². The second-order valence-electron chi connectivity index (χ2n) is 5.30. The van der Waals surface area contributed by atoms with Crippen LogP contribution in [0.5, 0.6) is 0 Å². The van der Waals surface area contributed by atoms with Crippen LogP contribution in [0.2, 0.25) is 0 Å². The molecule has 0 saturated heterocycles. The third kappa shape index (κ3) is 3.48. The van der Waals surface area contributed by atoms with Gasteiger partial charge in [-0.3, -0.25) is 9.00 Å². The van der Waals surface area contributed by atoms with E-state index in [1.165, 1.54) is 4.52 Å². The highest BCUT2D eigenvalue weighted by Crippen LogP contribution is 2.06. The van der Waals surface area contributed by atoms with Crippen LogP contribution < -0.4 is 5.32 Å². The molecule has 0 radical (unpaired) electrons. The molecule has 0 aliphatic heterocycles. The Hall–Kier alpha value is -2.61. The number of benzene rings is 1. The highest BCUT2D eigenvalue weighted by Gasteiger charge is 2.15. The predicted molar refractivity (Wildman–Crippen MR) is 90.3 cm³/mol. The van der Waals surface area contributed by atoms with Gasteiger partial charge in [0.05, 0.1) is 10.8 Å². The summed E-state index contributed by atoms with van der Waals surface area (Å²) >= 11 is 0. The zero-order valence-electron chi connectivity index (χ0n) is 13.4. The van der Waals surface area contributed by atoms with Crippen molar-refractivity contribution in [2.75, 3.05) is 12.3 Å². The Morgan fingerprint density at radius 2 is 1.96 bits per heavy atom. The zero-order valence-corrected chi connectivity index (χ0v) is 14.2. The van der Waals surface area contributed by atoms with Crippen molar-refractivity contribution in [3.05, 3.63) is 53.6 Å². The van der Waals surface area contributed by atoms with Gasteiger partial charge in [0.25, 0.3) is 11.7 Å². The second kappa shape index (κ2) is 6.88. The second-order valence-corrected chi connectivity index (χ2v) is 6.88. The molecule has 0 aliphatic carbocycles. The Kier molecular flexibility index (Phi) is 4.66. The van der Waals surface area contributed by atoms with E-state index >= 15 is 0 Å². The van der Waals surface area contributed by atoms with E-state index in [4.69, 9.17) is 0 Å². The van der Waals surface area contributed by atoms with E-state index in [2.05, 4.69) is 20.4 Å². The normalized spacial score (nSPS) is 12.2. The highest BCUT2D eigenvalue weighted by molar-refractivity contribution is 7.85. The molecular weight excluding hydrogens is 326 g/mol. The summed E-state index contributed by atoms with van der Waals surface area (Å²) in [7, 11) is -1.15. The molecule has 1 atom stereocenters. The maximum atomic E-state index is 12.2. The van der Waals surface area contributed by atoms with Crippen molar-refractivity contribution in [3.8, 4) is 0 Å². The standard InChI is InChI=1S/C16H17N5O2S/c1-11-10-12(2)21-16(18-11)19-14(20-21)15(22)17-8-9-24(23)13-6-4-3-5-7-13/h3-7,10H,8-9H2,1-2H3,(H,17,22)/t24-/m1/s1. The van der Waals surface area contributed by atoms with Crippen molar-refractivity contribution < 1.29 is 9.00 Å². The van der Waals surface area contributed by atoms with Crippen LogP contribution in [-0.2, 0) is 10.8 Å². The zero-order chi connectivity index (χ0) is 17.1. The monoisotopic (exact) mass is 343 g/mol. The molecule has 1 aromatic carbocycles. The maximum absolute atomic E-state index is 12.2. The van der Waals surface area contributed by atoms with Crippen molar-refractivity contribution in [2.24, 2.45) is 0 Å². The molecule has 0 bridgehead atoms. The molecule has 1 amide bonds. The first-order chi connectivity index (χ1) is 11.5. The molecule has 24 heavy (non-hydrogen) atoms. The topological polar surface area (TPSA) is 89.3 Å². The third-order valence-corrected chi connectivity index (χ3v) is 4.77. The van der Waals surface area contributed by atoms with Gasteiger partial charge >= 0.3 is 0 Å². The number of carbonyl (C=O) groups is 1. The molecule has 3 rings (SSSR count). The summed E-state index contributed by atoms with van der Waals surface area (Å²) in [6, 6.07) is 11.0. The van der Waals surface area contributed by atoms with E-state index < -0.39 is 16.7 Å². The third-order valence-electron chi connectivity index (χ3n) is 3.40. The van der Waals surface area contributed by atoms with Crippen molar-refractivity contribution in [2.45, 2.75) is 18.7 Å². The van der Waals surface area contributed by atoms with Gasteiger partial charge in [-0.05, 0) is 32.0 Å². The SMILES string of the molecule is Cc1cc(C)n2nc(C(=O)NCC[S@@](=O)c3ccccc3)nc2n1. The fraction of sp³-hybridized carbons (Fsp3) is 0.250. The minimum atomic E-state index is -1.15. The number of amides is 1. The number of carbonyl (C=O) groups excluding carboxylic acids is 1. The van der Waals surface area contributed by atoms with Gasteiger partial charge in [-0.15, -0.1) is 5.10 Å². The quantitative estimate of drug-likeness (QED) is 0.754. The molecule has 1 N–H and O–H groups in total. The van der Waals surface area contributed by atoms with Gasteiger partial charge in [0.1, 0.15) is 0 Å². The van der Waals surface area contributed by atoms with Crippen molar-refractivity contribution in [3.63, 3.8) is 0 Å². The summed E-state index contributed by atoms with van der Waals surface area (Å²) in [5.74, 6) is 0.384. The van der Waals surface area contributed by atoms with E-state index in [9.17, 15) is 9.00 Å². The fourth-order valence-electron chi connectivity index (χ4n) is 2.29. The fourth-order valence-corrected chi connectivity index (χ4v) is 3.27. The molecule has 0 saturated carbocycles. The molecule has 7 nitrogen and oxygen atoms in total. The van der Waals surface area contributed by atoms with Crippen LogP contribution in [0.4, 0.5) is 0 Å². The lowest BCUT2D eigenvalue weighted by atomic mass is 10.4. The van der Waals surface area contributed by atoms with E-state index in [-0.39, 0.29) is 12.4 Å². The number of rotatable bonds is 5. The van der Waals surface area contributed by atoms with Crippen LogP contribution in [-0.4, -0.2) is 42.0 Å². The lowest BCUT2D eigenvalue weighted by Gasteiger charge is -2.03. The number of aromatic nitrogens is 4. The molecule has 0 spiro atoms. The number of hydrogen-bond acceptors (Lipinski definition) is 5. The number of hydrogen-bond donors (Lipinski definition) is 1. The van der Waals surface area contributed by atoms with Gasteiger partial charge in [0.2, 0.25) is 5.82 Å². The summed E-state index contributed by atoms with van der Waals surface area (Å²) in [6.45, 7) is 4.02. The van der Waals surface area contributed by atoms with Gasteiger partial charge in [-0.2, -0.15) is 4.98 Å². The molecule has 124 valence electrons. The summed E-state index contributed by atoms with van der Waals surface area (Å²) < 4.78 is 13.6. The first kappa shape index (κ1) is 16.3. The minimum absolute atomic E-state index is 0.0571. The van der Waals surface area contributed by atoms with Crippen LogP contribution >= 0.6 is 0 Å². The first-order valence-electron chi connectivity index (χ1n) is 7.47. The maximum Gasteiger partial charge on any atom is 0.291 e. The lowest BCUT2D eigenvalue weighted by Crippen LogP contribution is -2.28. The van der Waals surface area contributed by atoms with Crippen molar-refractivity contribution in [1.29, 1.82) is 0 Å². The van der Waals surface area contributed by atoms with Crippen LogP contribution in [0.25, 0.3) is 5.78 Å². The molecule has 0 unspecified atom stereocenters. The van der Waals surface area contributed by atoms with E-state index in [0.717, 1.165) is 16.3 Å². The number of fused-ring (bicyclic) bond motifs is 1. The summed E-state index contributed by atoms with van der Waals surface area (Å²) in [6.07, 6.45) is 0. The number of nitrogens with one attached hydrogen (secondary N) is 1. The predicted octanol–water partition coefficient (Wildman–Crippen LogP) is 1.28. The molecule has 2 heterocycles. The molecule has 0 aliphatic rings. The van der Waals surface area contributed by atoms with Gasteiger partial charge < -0.3 is 5.32 Å². The molecule has 2 aromatic heterocycles. The number of aryl methyl sites for hydroxylation is 2. The van der Waals surface area contributed by atoms with Gasteiger partial charge in [-0.25, -0.2) is 9.50 Å². The Balaban J connectivity index is 1.63. The average molecular weight is 343 g/mol. The highest BCUT2D eigenvalue weighted by atomic mass is 32.2. The van der Waals surface area contributed by atoms with Crippen LogP contribution in [0, 0.1) is 13.8 Å². The average Bonchev–Trinajstić information content (AvgIpc) is 3.00. The van der Waals surface area contributed by atoms with Crippen molar-refractivity contribution >= 4 is 22.5 Å². The van der Waals surface area contributed by atoms with Gasteiger partial charge in [-0.1, -0.05) is 18.2 Å². The van der Waals surface area contributed by atoms with E-state index in [1.807, 2.05) is 38.1 Å². The Bertz CT molecular complexity index is 907. The Morgan fingerprint density at radius 1 is 1.21 bits per heavy atom.